The molecule has 0 spiro atoms. The molecule has 0 aromatic carbocycles. The Morgan fingerprint density at radius 3 is 2.83 bits per heavy atom. The fourth-order valence-electron chi connectivity index (χ4n) is 2.48. The second kappa shape index (κ2) is 7.87. The van der Waals surface area contributed by atoms with Crippen LogP contribution in [0.15, 0.2) is 29.3 Å². The maximum atomic E-state index is 12.6. The van der Waals surface area contributed by atoms with E-state index in [0.717, 1.165) is 24.8 Å². The molecule has 2 rings (SSSR count). The van der Waals surface area contributed by atoms with Crippen LogP contribution in [0.5, 0.6) is 0 Å². The van der Waals surface area contributed by atoms with Crippen molar-refractivity contribution >= 4 is 11.6 Å². The molecule has 0 bridgehead atoms. The third-order valence-corrected chi connectivity index (χ3v) is 3.78. The molecule has 2 aromatic heterocycles. The average molecular weight is 317 g/mol. The van der Waals surface area contributed by atoms with Crippen molar-refractivity contribution in [2.24, 2.45) is 0 Å². The van der Waals surface area contributed by atoms with Gasteiger partial charge in [0.2, 0.25) is 0 Å². The molecule has 0 radical (unpaired) electrons. The van der Waals surface area contributed by atoms with E-state index in [-0.39, 0.29) is 30.2 Å². The third kappa shape index (κ3) is 3.96. The first kappa shape index (κ1) is 17.1. The highest BCUT2D eigenvalue weighted by molar-refractivity contribution is 5.93. The van der Waals surface area contributed by atoms with E-state index in [4.69, 9.17) is 5.11 Å². The number of aliphatic hydroxyl groups excluding tert-OH is 1. The van der Waals surface area contributed by atoms with E-state index in [1.807, 2.05) is 6.92 Å². The molecule has 0 saturated heterocycles. The summed E-state index contributed by atoms with van der Waals surface area (Å²) in [7, 11) is 0. The van der Waals surface area contributed by atoms with Crippen molar-refractivity contribution in [2.75, 3.05) is 19.7 Å². The summed E-state index contributed by atoms with van der Waals surface area (Å²) in [6.07, 6.45) is 5.86. The summed E-state index contributed by atoms with van der Waals surface area (Å²) in [5.74, 6) is -0.373. The normalized spacial score (nSPS) is 10.9. The van der Waals surface area contributed by atoms with Gasteiger partial charge in [0, 0.05) is 25.5 Å². The highest BCUT2D eigenvalue weighted by Crippen LogP contribution is 2.06. The van der Waals surface area contributed by atoms with E-state index in [0.29, 0.717) is 12.2 Å². The largest absolute Gasteiger partial charge is 0.395 e. The van der Waals surface area contributed by atoms with E-state index < -0.39 is 0 Å². The van der Waals surface area contributed by atoms with Crippen LogP contribution in [-0.4, -0.2) is 45.0 Å². The van der Waals surface area contributed by atoms with Crippen LogP contribution in [0, 0.1) is 6.92 Å². The van der Waals surface area contributed by atoms with Crippen molar-refractivity contribution < 1.29 is 9.90 Å². The van der Waals surface area contributed by atoms with E-state index in [9.17, 15) is 9.59 Å². The molecule has 23 heavy (non-hydrogen) atoms. The molecule has 0 aliphatic carbocycles. The number of nitrogens with zero attached hydrogens (tertiary/aromatic N) is 3. The number of carbonyl (C=O) groups is 1. The Hall–Kier alpha value is -2.21. The Kier molecular flexibility index (Phi) is 5.87. The number of aliphatic hydroxyl groups is 1. The summed E-state index contributed by atoms with van der Waals surface area (Å²) in [6, 6.07) is 3.60. The van der Waals surface area contributed by atoms with Gasteiger partial charge in [0.05, 0.1) is 6.61 Å². The molecule has 0 unspecified atom stereocenters. The average Bonchev–Trinajstić information content (AvgIpc) is 2.54. The summed E-state index contributed by atoms with van der Waals surface area (Å²) in [5.41, 5.74) is 1.18. The van der Waals surface area contributed by atoms with Gasteiger partial charge in [0.1, 0.15) is 11.2 Å². The van der Waals surface area contributed by atoms with Crippen LogP contribution in [0.2, 0.25) is 0 Å². The smallest absolute Gasteiger partial charge is 0.270 e. The number of rotatable bonds is 7. The molecule has 1 N–H and O–H groups in total. The maximum absolute atomic E-state index is 12.6. The van der Waals surface area contributed by atoms with E-state index in [2.05, 4.69) is 11.9 Å². The monoisotopic (exact) mass is 317 g/mol. The zero-order valence-electron chi connectivity index (χ0n) is 13.7. The Morgan fingerprint density at radius 2 is 2.13 bits per heavy atom. The van der Waals surface area contributed by atoms with Gasteiger partial charge in [0.15, 0.2) is 0 Å². The standard InChI is InChI=1S/C17H23N3O3/c1-3-4-5-7-19(9-10-21)16(22)14-12-18-15-11-13(2)6-8-20(15)17(14)23/h6,8,11-12,21H,3-5,7,9-10H2,1-2H3. The Labute approximate surface area is 135 Å². The molecule has 6 heteroatoms. The lowest BCUT2D eigenvalue weighted by Gasteiger charge is -2.21. The lowest BCUT2D eigenvalue weighted by Crippen LogP contribution is -2.38. The van der Waals surface area contributed by atoms with Crippen LogP contribution in [-0.2, 0) is 0 Å². The van der Waals surface area contributed by atoms with Gasteiger partial charge in [-0.1, -0.05) is 19.8 Å². The van der Waals surface area contributed by atoms with Gasteiger partial charge in [0.25, 0.3) is 11.5 Å². The molecular formula is C17H23N3O3. The minimum absolute atomic E-state index is 0.0382. The number of pyridine rings is 1. The van der Waals surface area contributed by atoms with Gasteiger partial charge >= 0.3 is 0 Å². The lowest BCUT2D eigenvalue weighted by atomic mass is 10.2. The van der Waals surface area contributed by atoms with Crippen LogP contribution in [0.3, 0.4) is 0 Å². The van der Waals surface area contributed by atoms with E-state index in [1.54, 1.807) is 18.3 Å². The van der Waals surface area contributed by atoms with Crippen LogP contribution >= 0.6 is 0 Å². The first-order valence-corrected chi connectivity index (χ1v) is 7.96. The number of hydrogen-bond acceptors (Lipinski definition) is 4. The summed E-state index contributed by atoms with van der Waals surface area (Å²) in [4.78, 5) is 30.9. The zero-order valence-corrected chi connectivity index (χ0v) is 13.7. The zero-order chi connectivity index (χ0) is 16.8. The third-order valence-electron chi connectivity index (χ3n) is 3.78. The highest BCUT2D eigenvalue weighted by Gasteiger charge is 2.19. The second-order valence-electron chi connectivity index (χ2n) is 5.63. The van der Waals surface area contributed by atoms with Crippen molar-refractivity contribution in [3.63, 3.8) is 0 Å². The predicted molar refractivity (Wildman–Crippen MR) is 88.7 cm³/mol. The fourth-order valence-corrected chi connectivity index (χ4v) is 2.48. The van der Waals surface area contributed by atoms with Crippen LogP contribution in [0.25, 0.3) is 5.65 Å². The summed E-state index contributed by atoms with van der Waals surface area (Å²) in [5, 5.41) is 9.17. The molecule has 0 aliphatic heterocycles. The molecule has 0 fully saturated rings. The summed E-state index contributed by atoms with van der Waals surface area (Å²) in [6.45, 7) is 4.63. The number of carbonyl (C=O) groups excluding carboxylic acids is 1. The minimum atomic E-state index is -0.376. The highest BCUT2D eigenvalue weighted by atomic mass is 16.3. The molecule has 0 saturated carbocycles. The molecule has 124 valence electrons. The number of aromatic nitrogens is 2. The van der Waals surface area contributed by atoms with Crippen molar-refractivity contribution in [1.82, 2.24) is 14.3 Å². The molecule has 6 nitrogen and oxygen atoms in total. The molecule has 2 heterocycles. The fraction of sp³-hybridized carbons (Fsp3) is 0.471. The number of aryl methyl sites for hydroxylation is 1. The van der Waals surface area contributed by atoms with Crippen LogP contribution in [0.4, 0.5) is 0 Å². The van der Waals surface area contributed by atoms with Gasteiger partial charge in [-0.25, -0.2) is 4.98 Å². The molecule has 2 aromatic rings. The lowest BCUT2D eigenvalue weighted by molar-refractivity contribution is 0.0716. The van der Waals surface area contributed by atoms with Crippen molar-refractivity contribution in [3.05, 3.63) is 46.0 Å². The van der Waals surface area contributed by atoms with Crippen LogP contribution in [0.1, 0.15) is 42.1 Å². The van der Waals surface area contributed by atoms with Gasteiger partial charge in [-0.15, -0.1) is 0 Å². The first-order valence-electron chi connectivity index (χ1n) is 7.96. The summed E-state index contributed by atoms with van der Waals surface area (Å²) >= 11 is 0. The molecule has 1 amide bonds. The van der Waals surface area contributed by atoms with E-state index >= 15 is 0 Å². The van der Waals surface area contributed by atoms with Gasteiger partial charge in [-0.3, -0.25) is 14.0 Å². The molecule has 0 aliphatic rings. The summed E-state index contributed by atoms with van der Waals surface area (Å²) < 4.78 is 1.38. The maximum Gasteiger partial charge on any atom is 0.270 e. The second-order valence-corrected chi connectivity index (χ2v) is 5.63. The molecular weight excluding hydrogens is 294 g/mol. The topological polar surface area (TPSA) is 74.9 Å². The molecule has 0 atom stereocenters. The minimum Gasteiger partial charge on any atom is -0.395 e. The number of fused-ring (bicyclic) bond motifs is 1. The van der Waals surface area contributed by atoms with Crippen LogP contribution < -0.4 is 5.56 Å². The number of hydrogen-bond donors (Lipinski definition) is 1. The van der Waals surface area contributed by atoms with Gasteiger partial charge in [-0.2, -0.15) is 0 Å². The SMILES string of the molecule is CCCCCN(CCO)C(=O)c1cnc2cc(C)ccn2c1=O. The number of amides is 1. The first-order chi connectivity index (χ1) is 11.1. The Bertz CT molecular complexity index is 739. The number of unbranched alkanes of at least 4 members (excludes halogenated alkanes) is 2. The van der Waals surface area contributed by atoms with Crippen molar-refractivity contribution in [3.8, 4) is 0 Å². The quantitative estimate of drug-likeness (QED) is 0.788. The Balaban J connectivity index is 2.33. The van der Waals surface area contributed by atoms with Gasteiger partial charge in [-0.05, 0) is 31.0 Å². The van der Waals surface area contributed by atoms with Crippen molar-refractivity contribution in [1.29, 1.82) is 0 Å². The Morgan fingerprint density at radius 1 is 1.35 bits per heavy atom. The van der Waals surface area contributed by atoms with Crippen molar-refractivity contribution in [2.45, 2.75) is 33.1 Å². The van der Waals surface area contributed by atoms with E-state index in [1.165, 1.54) is 15.5 Å². The predicted octanol–water partition coefficient (Wildman–Crippen LogP) is 1.63. The van der Waals surface area contributed by atoms with Gasteiger partial charge < -0.3 is 10.0 Å².